The number of fused-ring (bicyclic) bond motifs is 1. The van der Waals surface area contributed by atoms with Crippen LogP contribution in [0.4, 0.5) is 5.69 Å². The first kappa shape index (κ1) is 25.3. The van der Waals surface area contributed by atoms with Crippen LogP contribution in [0, 0.1) is 6.92 Å². The highest BCUT2D eigenvalue weighted by Crippen LogP contribution is 2.32. The third-order valence-electron chi connectivity index (χ3n) is 7.02. The number of unbranched alkanes of at least 4 members (excludes halogenated alkanes) is 3. The van der Waals surface area contributed by atoms with Crippen molar-refractivity contribution in [3.63, 3.8) is 0 Å². The molecule has 0 radical (unpaired) electrons. The van der Waals surface area contributed by atoms with Crippen molar-refractivity contribution in [2.24, 2.45) is 0 Å². The lowest BCUT2D eigenvalue weighted by molar-refractivity contribution is 0.00426. The van der Waals surface area contributed by atoms with E-state index in [1.54, 1.807) is 7.11 Å². The first-order valence-corrected chi connectivity index (χ1v) is 12.9. The van der Waals surface area contributed by atoms with Crippen LogP contribution in [0.2, 0.25) is 0 Å². The number of ether oxygens (including phenoxy) is 2. The molecule has 1 aliphatic heterocycles. The molecule has 0 atom stereocenters. The molecule has 35 heavy (non-hydrogen) atoms. The van der Waals surface area contributed by atoms with Crippen LogP contribution in [0.5, 0.6) is 5.75 Å². The summed E-state index contributed by atoms with van der Waals surface area (Å²) < 4.78 is 11.9. The van der Waals surface area contributed by atoms with E-state index in [1.165, 1.54) is 34.9 Å². The maximum atomic E-state index is 10.9. The molecule has 1 fully saturated rings. The molecule has 1 aliphatic rings. The summed E-state index contributed by atoms with van der Waals surface area (Å²) in [6.45, 7) is 6.95. The van der Waals surface area contributed by atoms with Gasteiger partial charge in [-0.25, -0.2) is 0 Å². The van der Waals surface area contributed by atoms with Crippen LogP contribution in [0.25, 0.3) is 10.9 Å². The molecule has 6 heteroatoms. The maximum absolute atomic E-state index is 10.9. The number of aromatic amines is 1. The van der Waals surface area contributed by atoms with Crippen molar-refractivity contribution in [3.8, 4) is 5.75 Å². The second kappa shape index (κ2) is 12.8. The Labute approximate surface area is 209 Å². The first-order valence-electron chi connectivity index (χ1n) is 12.9. The lowest BCUT2D eigenvalue weighted by atomic mass is 10.0. The molecule has 0 unspecified atom stereocenters. The number of aromatic nitrogens is 1. The van der Waals surface area contributed by atoms with Crippen molar-refractivity contribution in [3.05, 3.63) is 59.3 Å². The Morgan fingerprint density at radius 1 is 1.11 bits per heavy atom. The second-order valence-corrected chi connectivity index (χ2v) is 9.57. The lowest BCUT2D eigenvalue weighted by Crippen LogP contribution is -2.36. The monoisotopic (exact) mass is 477 g/mol. The van der Waals surface area contributed by atoms with E-state index in [-0.39, 0.29) is 0 Å². The van der Waals surface area contributed by atoms with Crippen LogP contribution in [0.15, 0.2) is 42.6 Å². The van der Waals surface area contributed by atoms with Gasteiger partial charge < -0.3 is 19.8 Å². The topological polar surface area (TPSA) is 66.6 Å². The average Bonchev–Trinajstić information content (AvgIpc) is 3.39. The number of benzene rings is 2. The predicted octanol–water partition coefficient (Wildman–Crippen LogP) is 5.95. The second-order valence-electron chi connectivity index (χ2n) is 9.57. The van der Waals surface area contributed by atoms with Gasteiger partial charge in [0.1, 0.15) is 12.0 Å². The van der Waals surface area contributed by atoms with Crippen LogP contribution in [-0.4, -0.2) is 55.6 Å². The van der Waals surface area contributed by atoms with Gasteiger partial charge in [-0.3, -0.25) is 9.69 Å². The number of H-pyrrole nitrogens is 1. The van der Waals surface area contributed by atoms with Crippen LogP contribution >= 0.6 is 0 Å². The standard InChI is InChI=1S/C29H39N3O3/c1-22-18-28(34-2)27(26-10-14-31-29(22)26)20-32-15-11-25(12-16-32)35-17-6-4-3-5-13-30-24-9-7-8-23(19-24)21-33/h7-10,14,18-19,21,25,30-31H,3-6,11-13,15-17,20H2,1-2H3. The van der Waals surface area contributed by atoms with Gasteiger partial charge in [0.25, 0.3) is 0 Å². The van der Waals surface area contributed by atoms with Crippen molar-refractivity contribution in [2.75, 3.05) is 38.7 Å². The third kappa shape index (κ3) is 6.86. The molecule has 0 saturated carbocycles. The number of carbonyl (C=O) groups is 1. The molecule has 6 nitrogen and oxygen atoms in total. The van der Waals surface area contributed by atoms with E-state index in [9.17, 15) is 4.79 Å². The third-order valence-corrected chi connectivity index (χ3v) is 7.02. The van der Waals surface area contributed by atoms with Gasteiger partial charge >= 0.3 is 0 Å². The van der Waals surface area contributed by atoms with Gasteiger partial charge in [0.15, 0.2) is 0 Å². The molecule has 0 amide bonds. The van der Waals surface area contributed by atoms with E-state index in [2.05, 4.69) is 34.3 Å². The van der Waals surface area contributed by atoms with Crippen LogP contribution in [0.1, 0.15) is 60.0 Å². The number of carbonyl (C=O) groups excluding carboxylic acids is 1. The van der Waals surface area contributed by atoms with E-state index < -0.39 is 0 Å². The number of piperidine rings is 1. The van der Waals surface area contributed by atoms with Crippen LogP contribution in [-0.2, 0) is 11.3 Å². The van der Waals surface area contributed by atoms with Crippen molar-refractivity contribution >= 4 is 22.9 Å². The SMILES string of the molecule is COc1cc(C)c2[nH]ccc2c1CN1CCC(OCCCCCCNc2cccc(C=O)c2)CC1. The number of nitrogens with one attached hydrogen (secondary N) is 2. The zero-order valence-electron chi connectivity index (χ0n) is 21.1. The van der Waals surface area contributed by atoms with Gasteiger partial charge in [0.2, 0.25) is 0 Å². The number of rotatable bonds is 13. The summed E-state index contributed by atoms with van der Waals surface area (Å²) in [5.74, 6) is 0.984. The van der Waals surface area contributed by atoms with Crippen molar-refractivity contribution < 1.29 is 14.3 Å². The fourth-order valence-corrected chi connectivity index (χ4v) is 5.02. The number of hydrogen-bond acceptors (Lipinski definition) is 5. The molecule has 188 valence electrons. The van der Waals surface area contributed by atoms with Gasteiger partial charge in [0.05, 0.1) is 13.2 Å². The smallest absolute Gasteiger partial charge is 0.150 e. The highest BCUT2D eigenvalue weighted by atomic mass is 16.5. The quantitative estimate of drug-likeness (QED) is 0.235. The molecule has 1 saturated heterocycles. The predicted molar refractivity (Wildman–Crippen MR) is 143 cm³/mol. The number of likely N-dealkylation sites (tertiary alicyclic amines) is 1. The molecule has 3 aromatic rings. The Kier molecular flexibility index (Phi) is 9.21. The Hall–Kier alpha value is -2.83. The van der Waals surface area contributed by atoms with E-state index in [0.29, 0.717) is 11.7 Å². The molecule has 2 heterocycles. The number of nitrogens with zero attached hydrogens (tertiary/aromatic N) is 1. The van der Waals surface area contributed by atoms with Gasteiger partial charge in [-0.1, -0.05) is 25.0 Å². The number of methoxy groups -OCH3 is 1. The minimum atomic E-state index is 0.380. The summed E-state index contributed by atoms with van der Waals surface area (Å²) in [7, 11) is 1.76. The van der Waals surface area contributed by atoms with Crippen LogP contribution in [0.3, 0.4) is 0 Å². The molecule has 0 bridgehead atoms. The highest BCUT2D eigenvalue weighted by Gasteiger charge is 2.22. The molecule has 2 aromatic carbocycles. The number of aldehydes is 1. The van der Waals surface area contributed by atoms with E-state index in [0.717, 1.165) is 76.2 Å². The molecule has 4 rings (SSSR count). The fourth-order valence-electron chi connectivity index (χ4n) is 5.02. The van der Waals surface area contributed by atoms with E-state index in [4.69, 9.17) is 9.47 Å². The molecule has 1 aromatic heterocycles. The molecule has 2 N–H and O–H groups in total. The zero-order chi connectivity index (χ0) is 24.5. The highest BCUT2D eigenvalue weighted by molar-refractivity contribution is 5.88. The summed E-state index contributed by atoms with van der Waals surface area (Å²) >= 11 is 0. The van der Waals surface area contributed by atoms with Gasteiger partial charge in [-0.2, -0.15) is 0 Å². The Morgan fingerprint density at radius 3 is 2.74 bits per heavy atom. The van der Waals surface area contributed by atoms with Crippen molar-refractivity contribution in [1.82, 2.24) is 9.88 Å². The van der Waals surface area contributed by atoms with Crippen LogP contribution < -0.4 is 10.1 Å². The molecule has 0 aliphatic carbocycles. The lowest BCUT2D eigenvalue weighted by Gasteiger charge is -2.32. The molecular formula is C29H39N3O3. The normalized spacial score (nSPS) is 14.9. The Morgan fingerprint density at radius 2 is 1.94 bits per heavy atom. The van der Waals surface area contributed by atoms with Crippen molar-refractivity contribution in [1.29, 1.82) is 0 Å². The zero-order valence-corrected chi connectivity index (χ0v) is 21.1. The van der Waals surface area contributed by atoms with Gasteiger partial charge in [0, 0.05) is 66.7 Å². The maximum Gasteiger partial charge on any atom is 0.150 e. The summed E-state index contributed by atoms with van der Waals surface area (Å²) in [6, 6.07) is 11.9. The fraction of sp³-hybridized carbons (Fsp3) is 0.483. The number of anilines is 1. The summed E-state index contributed by atoms with van der Waals surface area (Å²) in [5, 5.41) is 4.67. The van der Waals surface area contributed by atoms with Gasteiger partial charge in [-0.05, 0) is 62.4 Å². The van der Waals surface area contributed by atoms with E-state index in [1.807, 2.05) is 30.5 Å². The van der Waals surface area contributed by atoms with Crippen molar-refractivity contribution in [2.45, 2.75) is 58.1 Å². The Balaban J connectivity index is 1.10. The van der Waals surface area contributed by atoms with E-state index >= 15 is 0 Å². The molecular weight excluding hydrogens is 438 g/mol. The minimum Gasteiger partial charge on any atom is -0.496 e. The minimum absolute atomic E-state index is 0.380. The molecule has 0 spiro atoms. The first-order chi connectivity index (χ1) is 17.2. The summed E-state index contributed by atoms with van der Waals surface area (Å²) in [5.41, 5.74) is 5.44. The largest absolute Gasteiger partial charge is 0.496 e. The average molecular weight is 478 g/mol. The summed E-state index contributed by atoms with van der Waals surface area (Å²) in [6.07, 6.45) is 10.1. The summed E-state index contributed by atoms with van der Waals surface area (Å²) in [4.78, 5) is 16.8. The Bertz CT molecular complexity index is 1090. The number of aryl methyl sites for hydroxylation is 1. The van der Waals surface area contributed by atoms with Gasteiger partial charge in [-0.15, -0.1) is 0 Å². The number of hydrogen-bond donors (Lipinski definition) is 2.